The van der Waals surface area contributed by atoms with Crippen LogP contribution in [0.2, 0.25) is 0 Å². The van der Waals surface area contributed by atoms with Crippen LogP contribution in [0.3, 0.4) is 0 Å². The number of nitrogens with one attached hydrogen (secondary N) is 2. The lowest BCUT2D eigenvalue weighted by Crippen LogP contribution is -2.25. The number of carbonyl (C=O) groups excluding carboxylic acids is 2. The molecule has 2 saturated heterocycles. The van der Waals surface area contributed by atoms with Crippen LogP contribution in [-0.4, -0.2) is 80.0 Å². The topological polar surface area (TPSA) is 80.8 Å². The number of likely N-dealkylation sites (tertiary alicyclic amines) is 2. The van der Waals surface area contributed by atoms with E-state index < -0.39 is 0 Å². The van der Waals surface area contributed by atoms with Gasteiger partial charge in [-0.15, -0.1) is 0 Å². The van der Waals surface area contributed by atoms with Crippen LogP contribution in [0, 0.1) is 0 Å². The van der Waals surface area contributed by atoms with Gasteiger partial charge in [-0.05, 0) is 93.8 Å². The molecular formula is C35H42N6O2. The first-order valence-corrected chi connectivity index (χ1v) is 15.6. The Morgan fingerprint density at radius 2 is 1.16 bits per heavy atom. The standard InChI is InChI=1S/C35H42N6O2/c1-39(2)28-11-7-25(8-12-28)35-29-13-9-26(36-33(42)15-21-40-17-3-4-18-40)23-31(29)38-32-24-27(10-14-30(32)35)37-34(43)16-22-41-19-5-6-20-41/h7-14,23-24H,3-6,15-22H2,1-2H3,(H,36,42)(H,37,43). The van der Waals surface area contributed by atoms with Crippen molar-refractivity contribution in [2.45, 2.75) is 38.5 Å². The predicted molar refractivity (Wildman–Crippen MR) is 177 cm³/mol. The van der Waals surface area contributed by atoms with Gasteiger partial charge in [0.25, 0.3) is 0 Å². The number of fused-ring (bicyclic) bond motifs is 2. The molecule has 2 amide bonds. The fourth-order valence-electron chi connectivity index (χ4n) is 6.32. The molecule has 3 aromatic carbocycles. The molecular weight excluding hydrogens is 536 g/mol. The van der Waals surface area contributed by atoms with Crippen LogP contribution < -0.4 is 15.5 Å². The molecule has 2 N–H and O–H groups in total. The van der Waals surface area contributed by atoms with Gasteiger partial charge in [-0.25, -0.2) is 4.98 Å². The summed E-state index contributed by atoms with van der Waals surface area (Å²) in [4.78, 5) is 37.4. The van der Waals surface area contributed by atoms with E-state index in [1.807, 2.05) is 38.4 Å². The lowest BCUT2D eigenvalue weighted by molar-refractivity contribution is -0.117. The fourth-order valence-corrected chi connectivity index (χ4v) is 6.32. The van der Waals surface area contributed by atoms with E-state index in [-0.39, 0.29) is 11.8 Å². The lowest BCUT2D eigenvalue weighted by Gasteiger charge is -2.17. The molecule has 3 heterocycles. The van der Waals surface area contributed by atoms with Gasteiger partial charge in [-0.2, -0.15) is 0 Å². The van der Waals surface area contributed by atoms with Gasteiger partial charge in [0.2, 0.25) is 11.8 Å². The molecule has 0 spiro atoms. The highest BCUT2D eigenvalue weighted by Gasteiger charge is 2.17. The van der Waals surface area contributed by atoms with Crippen molar-refractivity contribution in [2.24, 2.45) is 0 Å². The van der Waals surface area contributed by atoms with Crippen molar-refractivity contribution < 1.29 is 9.59 Å². The smallest absolute Gasteiger partial charge is 0.225 e. The highest BCUT2D eigenvalue weighted by molar-refractivity contribution is 6.11. The quantitative estimate of drug-likeness (QED) is 0.226. The largest absolute Gasteiger partial charge is 0.378 e. The number of hydrogen-bond donors (Lipinski definition) is 2. The first kappa shape index (κ1) is 29.1. The van der Waals surface area contributed by atoms with Crippen LogP contribution in [0.5, 0.6) is 0 Å². The van der Waals surface area contributed by atoms with E-state index in [9.17, 15) is 9.59 Å². The molecule has 2 fully saturated rings. The minimum atomic E-state index is 0.0189. The number of pyridine rings is 1. The Bertz CT molecular complexity index is 1510. The van der Waals surface area contributed by atoms with Gasteiger partial charge in [0, 0.05) is 73.4 Å². The van der Waals surface area contributed by atoms with Crippen molar-refractivity contribution in [1.82, 2.24) is 14.8 Å². The molecule has 0 radical (unpaired) electrons. The average Bonchev–Trinajstić information content (AvgIpc) is 3.73. The maximum Gasteiger partial charge on any atom is 0.225 e. The van der Waals surface area contributed by atoms with Gasteiger partial charge >= 0.3 is 0 Å². The predicted octanol–water partition coefficient (Wildman–Crippen LogP) is 5.97. The second-order valence-corrected chi connectivity index (χ2v) is 12.1. The maximum atomic E-state index is 12.8. The Kier molecular flexibility index (Phi) is 8.86. The summed E-state index contributed by atoms with van der Waals surface area (Å²) < 4.78 is 0. The van der Waals surface area contributed by atoms with Gasteiger partial charge in [0.15, 0.2) is 0 Å². The Morgan fingerprint density at radius 3 is 1.60 bits per heavy atom. The monoisotopic (exact) mass is 578 g/mol. The highest BCUT2D eigenvalue weighted by Crippen LogP contribution is 2.37. The molecule has 8 heteroatoms. The highest BCUT2D eigenvalue weighted by atomic mass is 16.2. The number of anilines is 3. The summed E-state index contributed by atoms with van der Waals surface area (Å²) in [6, 6.07) is 20.5. The van der Waals surface area contributed by atoms with Gasteiger partial charge in [-0.3, -0.25) is 9.59 Å². The molecule has 0 unspecified atom stereocenters. The van der Waals surface area contributed by atoms with E-state index in [0.717, 1.165) is 89.3 Å². The van der Waals surface area contributed by atoms with E-state index in [1.165, 1.54) is 25.7 Å². The lowest BCUT2D eigenvalue weighted by atomic mass is 9.95. The first-order valence-electron chi connectivity index (χ1n) is 15.6. The second kappa shape index (κ2) is 13.1. The van der Waals surface area contributed by atoms with E-state index in [0.29, 0.717) is 12.8 Å². The normalized spacial score (nSPS) is 15.8. The minimum absolute atomic E-state index is 0.0189. The summed E-state index contributed by atoms with van der Waals surface area (Å²) in [7, 11) is 4.07. The van der Waals surface area contributed by atoms with Crippen molar-refractivity contribution in [3.05, 3.63) is 60.7 Å². The Morgan fingerprint density at radius 1 is 0.698 bits per heavy atom. The Balaban J connectivity index is 1.30. The fraction of sp³-hybridized carbons (Fsp3) is 0.400. The Labute approximate surface area is 254 Å². The van der Waals surface area contributed by atoms with Gasteiger partial charge in [0.1, 0.15) is 0 Å². The van der Waals surface area contributed by atoms with Crippen molar-refractivity contribution in [1.29, 1.82) is 0 Å². The van der Waals surface area contributed by atoms with Crippen molar-refractivity contribution in [3.8, 4) is 11.1 Å². The zero-order chi connectivity index (χ0) is 29.8. The third-order valence-corrected chi connectivity index (χ3v) is 8.72. The van der Waals surface area contributed by atoms with Crippen molar-refractivity contribution in [3.63, 3.8) is 0 Å². The van der Waals surface area contributed by atoms with Crippen LogP contribution in [0.4, 0.5) is 17.1 Å². The Hall–Kier alpha value is -4.01. The third-order valence-electron chi connectivity index (χ3n) is 8.72. The van der Waals surface area contributed by atoms with E-state index in [2.05, 4.69) is 61.7 Å². The zero-order valence-corrected chi connectivity index (χ0v) is 25.4. The number of nitrogens with zero attached hydrogens (tertiary/aromatic N) is 4. The summed E-state index contributed by atoms with van der Waals surface area (Å²) in [5, 5.41) is 8.21. The van der Waals surface area contributed by atoms with Crippen LogP contribution in [0.15, 0.2) is 60.7 Å². The molecule has 0 bridgehead atoms. The van der Waals surface area contributed by atoms with Gasteiger partial charge in [-0.1, -0.05) is 24.3 Å². The third kappa shape index (κ3) is 6.98. The summed E-state index contributed by atoms with van der Waals surface area (Å²) in [5.74, 6) is 0.0379. The number of amides is 2. The molecule has 6 rings (SSSR count). The van der Waals surface area contributed by atoms with Crippen LogP contribution in [0.1, 0.15) is 38.5 Å². The molecule has 43 heavy (non-hydrogen) atoms. The van der Waals surface area contributed by atoms with E-state index in [1.54, 1.807) is 0 Å². The van der Waals surface area contributed by atoms with Gasteiger partial charge < -0.3 is 25.3 Å². The van der Waals surface area contributed by atoms with Crippen LogP contribution in [0.25, 0.3) is 32.9 Å². The molecule has 8 nitrogen and oxygen atoms in total. The summed E-state index contributed by atoms with van der Waals surface area (Å²) >= 11 is 0. The summed E-state index contributed by atoms with van der Waals surface area (Å²) in [5.41, 5.74) is 6.39. The molecule has 2 aliphatic heterocycles. The van der Waals surface area contributed by atoms with Crippen molar-refractivity contribution >= 4 is 50.7 Å². The molecule has 0 atom stereocenters. The molecule has 1 aromatic heterocycles. The molecule has 0 aliphatic carbocycles. The number of carbonyl (C=O) groups is 2. The summed E-state index contributed by atoms with van der Waals surface area (Å²) in [6.07, 6.45) is 5.83. The zero-order valence-electron chi connectivity index (χ0n) is 25.4. The van der Waals surface area contributed by atoms with Crippen LogP contribution in [-0.2, 0) is 9.59 Å². The number of rotatable bonds is 10. The number of aromatic nitrogens is 1. The summed E-state index contributed by atoms with van der Waals surface area (Å²) in [6.45, 7) is 5.92. The second-order valence-electron chi connectivity index (χ2n) is 12.1. The molecule has 0 saturated carbocycles. The first-order chi connectivity index (χ1) is 20.9. The minimum Gasteiger partial charge on any atom is -0.378 e. The molecule has 4 aromatic rings. The molecule has 2 aliphatic rings. The van der Waals surface area contributed by atoms with Gasteiger partial charge in [0.05, 0.1) is 11.0 Å². The van der Waals surface area contributed by atoms with Crippen molar-refractivity contribution in [2.75, 3.05) is 68.9 Å². The SMILES string of the molecule is CN(C)c1ccc(-c2c3ccc(NC(=O)CCN4CCCC4)cc3nc3cc(NC(=O)CCN4CCCC4)ccc23)cc1. The maximum absolute atomic E-state index is 12.8. The molecule has 224 valence electrons. The number of hydrogen-bond acceptors (Lipinski definition) is 6. The van der Waals surface area contributed by atoms with Crippen LogP contribution >= 0.6 is 0 Å². The number of benzene rings is 3. The van der Waals surface area contributed by atoms with E-state index >= 15 is 0 Å². The average molecular weight is 579 g/mol. The van der Waals surface area contributed by atoms with E-state index in [4.69, 9.17) is 4.98 Å².